The molecule has 0 aromatic carbocycles. The summed E-state index contributed by atoms with van der Waals surface area (Å²) in [6.07, 6.45) is 0.407. The molecule has 0 spiro atoms. The third kappa shape index (κ3) is 3.18. The Hall–Kier alpha value is -1.13. The summed E-state index contributed by atoms with van der Waals surface area (Å²) in [5, 5.41) is 0. The summed E-state index contributed by atoms with van der Waals surface area (Å²) in [5.41, 5.74) is -0.621. The van der Waals surface area contributed by atoms with Crippen molar-refractivity contribution in [1.82, 2.24) is 4.90 Å². The highest BCUT2D eigenvalue weighted by atomic mass is 19.1. The van der Waals surface area contributed by atoms with E-state index in [4.69, 9.17) is 4.74 Å². The first-order valence-electron chi connectivity index (χ1n) is 5.00. The Morgan fingerprint density at radius 1 is 1.40 bits per heavy atom. The molecule has 0 aromatic heterocycles. The van der Waals surface area contributed by atoms with Crippen molar-refractivity contribution in [3.8, 4) is 0 Å². The van der Waals surface area contributed by atoms with E-state index in [2.05, 4.69) is 0 Å². The van der Waals surface area contributed by atoms with Gasteiger partial charge >= 0.3 is 12.1 Å². The van der Waals surface area contributed by atoms with Crippen molar-refractivity contribution < 1.29 is 18.7 Å². The number of hydrogen-bond donors (Lipinski definition) is 0. The average Bonchev–Trinajstić information content (AvgIpc) is 2.47. The summed E-state index contributed by atoms with van der Waals surface area (Å²) in [6, 6.07) is -2.40. The first kappa shape index (κ1) is 11.9. The highest BCUT2D eigenvalue weighted by molar-refractivity contribution is 5.81. The van der Waals surface area contributed by atoms with Crippen LogP contribution in [0.4, 0.5) is 9.18 Å². The molecule has 4 nitrogen and oxygen atoms in total. The molecule has 1 atom stereocenters. The first-order valence-corrected chi connectivity index (χ1v) is 5.00. The lowest BCUT2D eigenvalue weighted by molar-refractivity contribution is -0.133. The lowest BCUT2D eigenvalue weighted by Crippen LogP contribution is -2.42. The van der Waals surface area contributed by atoms with Crippen molar-refractivity contribution in [2.24, 2.45) is 0 Å². The molecule has 86 valence electrons. The summed E-state index contributed by atoms with van der Waals surface area (Å²) in [6.45, 7) is 5.57. The lowest BCUT2D eigenvalue weighted by atomic mass is 10.2. The molecular weight excluding hydrogens is 201 g/mol. The number of carbonyl (C=O) groups is 2. The van der Waals surface area contributed by atoms with Gasteiger partial charge in [0.1, 0.15) is 11.6 Å². The molecule has 1 aliphatic heterocycles. The Morgan fingerprint density at radius 3 is 2.47 bits per heavy atom. The van der Waals surface area contributed by atoms with E-state index in [1.807, 2.05) is 0 Å². The number of nitrogens with zero attached hydrogens (tertiary/aromatic N) is 1. The number of likely N-dealkylation sites (tertiary alicyclic amines) is 1. The minimum atomic E-state index is -1.46. The van der Waals surface area contributed by atoms with Crippen LogP contribution in [0.2, 0.25) is 0 Å². The Morgan fingerprint density at radius 2 is 2.00 bits per heavy atom. The van der Waals surface area contributed by atoms with E-state index in [0.717, 1.165) is 4.90 Å². The van der Waals surface area contributed by atoms with Gasteiger partial charge in [-0.05, 0) is 33.6 Å². The van der Waals surface area contributed by atoms with E-state index in [1.54, 1.807) is 20.8 Å². The van der Waals surface area contributed by atoms with Crippen molar-refractivity contribution in [2.75, 3.05) is 6.54 Å². The van der Waals surface area contributed by atoms with Crippen LogP contribution in [0.25, 0.3) is 0 Å². The van der Waals surface area contributed by atoms with Crippen molar-refractivity contribution in [1.29, 1.82) is 0 Å². The molecule has 0 saturated carbocycles. The Bertz CT molecular complexity index is 272. The van der Waals surface area contributed by atoms with Crippen LogP contribution in [-0.4, -0.2) is 35.2 Å². The van der Waals surface area contributed by atoms with Crippen LogP contribution < -0.4 is 0 Å². The van der Waals surface area contributed by atoms with E-state index in [0.29, 0.717) is 19.4 Å². The fourth-order valence-electron chi connectivity index (χ4n) is 1.54. The van der Waals surface area contributed by atoms with Crippen molar-refractivity contribution >= 4 is 12.1 Å². The monoisotopic (exact) mass is 217 g/mol. The molecule has 15 heavy (non-hydrogen) atoms. The van der Waals surface area contributed by atoms with Crippen LogP contribution in [0.3, 0.4) is 0 Å². The minimum Gasteiger partial charge on any atom is -0.444 e. The standard InChI is InChI=1S/C10H16FNO3/c1-10(2,3)15-9(14)12-6-4-5-7(12)8(11)13/h7H,4-6H2,1-3H3/t7-/m1/s1. The normalized spacial score (nSPS) is 21.6. The van der Waals surface area contributed by atoms with Crippen LogP contribution in [0, 0.1) is 0 Å². The van der Waals surface area contributed by atoms with Crippen LogP contribution in [-0.2, 0) is 9.53 Å². The Kier molecular flexibility index (Phi) is 3.31. The van der Waals surface area contributed by atoms with Gasteiger partial charge in [-0.3, -0.25) is 9.69 Å². The van der Waals surface area contributed by atoms with Gasteiger partial charge in [-0.25, -0.2) is 4.79 Å². The highest BCUT2D eigenvalue weighted by Crippen LogP contribution is 2.21. The van der Waals surface area contributed by atoms with E-state index in [9.17, 15) is 14.0 Å². The smallest absolute Gasteiger partial charge is 0.410 e. The summed E-state index contributed by atoms with van der Waals surface area (Å²) in [4.78, 5) is 23.3. The molecule has 0 unspecified atom stereocenters. The van der Waals surface area contributed by atoms with Gasteiger partial charge in [0.2, 0.25) is 0 Å². The van der Waals surface area contributed by atoms with E-state index < -0.39 is 23.8 Å². The Labute approximate surface area is 88.4 Å². The molecule has 1 fully saturated rings. The van der Waals surface area contributed by atoms with Crippen molar-refractivity contribution in [3.63, 3.8) is 0 Å². The molecule has 0 aromatic rings. The average molecular weight is 217 g/mol. The third-order valence-electron chi connectivity index (χ3n) is 2.14. The maximum atomic E-state index is 12.6. The molecule has 0 N–H and O–H groups in total. The van der Waals surface area contributed by atoms with Gasteiger partial charge in [0.05, 0.1) is 0 Å². The predicted octanol–water partition coefficient (Wildman–Crippen LogP) is 1.88. The van der Waals surface area contributed by atoms with E-state index in [1.165, 1.54) is 0 Å². The van der Waals surface area contributed by atoms with E-state index in [-0.39, 0.29) is 0 Å². The van der Waals surface area contributed by atoms with Gasteiger partial charge in [0.15, 0.2) is 0 Å². The Balaban J connectivity index is 2.63. The predicted molar refractivity (Wildman–Crippen MR) is 52.1 cm³/mol. The van der Waals surface area contributed by atoms with Gasteiger partial charge in [0, 0.05) is 6.54 Å². The molecule has 1 saturated heterocycles. The number of halogens is 1. The topological polar surface area (TPSA) is 46.6 Å². The first-order chi connectivity index (χ1) is 6.81. The van der Waals surface area contributed by atoms with E-state index >= 15 is 0 Å². The molecule has 1 heterocycles. The SMILES string of the molecule is CC(C)(C)OC(=O)N1CCC[C@@H]1C(=O)F. The van der Waals surface area contributed by atoms with Gasteiger partial charge in [-0.1, -0.05) is 0 Å². The van der Waals surface area contributed by atoms with Crippen LogP contribution in [0.15, 0.2) is 0 Å². The molecule has 0 radical (unpaired) electrons. The number of hydrogen-bond acceptors (Lipinski definition) is 3. The second kappa shape index (κ2) is 4.16. The van der Waals surface area contributed by atoms with Gasteiger partial charge < -0.3 is 4.74 Å². The number of amides is 1. The largest absolute Gasteiger partial charge is 0.444 e. The van der Waals surface area contributed by atoms with Gasteiger partial charge in [0.25, 0.3) is 0 Å². The molecule has 1 rings (SSSR count). The summed E-state index contributed by atoms with van der Waals surface area (Å²) in [7, 11) is 0. The summed E-state index contributed by atoms with van der Waals surface area (Å²) < 4.78 is 17.6. The number of ether oxygens (including phenoxy) is 1. The molecule has 0 aliphatic carbocycles. The zero-order valence-electron chi connectivity index (χ0n) is 9.25. The molecule has 1 amide bonds. The fraction of sp³-hybridized carbons (Fsp3) is 0.800. The van der Waals surface area contributed by atoms with Gasteiger partial charge in [-0.15, -0.1) is 0 Å². The zero-order valence-corrected chi connectivity index (χ0v) is 9.25. The summed E-state index contributed by atoms with van der Waals surface area (Å²) >= 11 is 0. The third-order valence-corrected chi connectivity index (χ3v) is 2.14. The van der Waals surface area contributed by atoms with Crippen molar-refractivity contribution in [3.05, 3.63) is 0 Å². The number of rotatable bonds is 1. The molecule has 1 aliphatic rings. The highest BCUT2D eigenvalue weighted by Gasteiger charge is 2.36. The van der Waals surface area contributed by atoms with Crippen LogP contribution in [0.5, 0.6) is 0 Å². The second-order valence-corrected chi connectivity index (χ2v) is 4.64. The molecular formula is C10H16FNO3. The lowest BCUT2D eigenvalue weighted by Gasteiger charge is -2.26. The quantitative estimate of drug-likeness (QED) is 0.630. The fourth-order valence-corrected chi connectivity index (χ4v) is 1.54. The zero-order chi connectivity index (χ0) is 11.6. The van der Waals surface area contributed by atoms with Crippen LogP contribution in [0.1, 0.15) is 33.6 Å². The van der Waals surface area contributed by atoms with Crippen molar-refractivity contribution in [2.45, 2.75) is 45.3 Å². The molecule has 5 heteroatoms. The molecule has 0 bridgehead atoms. The van der Waals surface area contributed by atoms with Crippen LogP contribution >= 0.6 is 0 Å². The number of carbonyl (C=O) groups excluding carboxylic acids is 2. The maximum Gasteiger partial charge on any atom is 0.410 e. The second-order valence-electron chi connectivity index (χ2n) is 4.64. The minimum absolute atomic E-state index is 0.384. The maximum absolute atomic E-state index is 12.6. The summed E-state index contributed by atoms with van der Waals surface area (Å²) in [5.74, 6) is 0. The van der Waals surface area contributed by atoms with Gasteiger partial charge in [-0.2, -0.15) is 4.39 Å².